The smallest absolute Gasteiger partial charge is 0.330 e. The number of nitrogens with zero attached hydrogens (tertiary/aromatic N) is 6. The van der Waals surface area contributed by atoms with Crippen molar-refractivity contribution < 1.29 is 28.0 Å². The molecule has 36 heavy (non-hydrogen) atoms. The molecule has 0 unspecified atom stereocenters. The predicted molar refractivity (Wildman–Crippen MR) is 129 cm³/mol. The molecule has 16 nitrogen and oxygen atoms in total. The van der Waals surface area contributed by atoms with Gasteiger partial charge in [0.2, 0.25) is 11.1 Å². The molecule has 0 atom stereocenters. The van der Waals surface area contributed by atoms with E-state index in [9.17, 15) is 9.59 Å². The Morgan fingerprint density at radius 1 is 0.917 bits per heavy atom. The summed E-state index contributed by atoms with van der Waals surface area (Å²) >= 11 is 2.15. The molecule has 0 aliphatic carbocycles. The number of hydrogen-bond donors (Lipinski definition) is 4. The van der Waals surface area contributed by atoms with Gasteiger partial charge in [-0.05, 0) is 41.1 Å². The summed E-state index contributed by atoms with van der Waals surface area (Å²) in [5, 5.41) is 9.36. The van der Waals surface area contributed by atoms with Gasteiger partial charge in [0.15, 0.2) is 0 Å². The van der Waals surface area contributed by atoms with E-state index in [-0.39, 0.29) is 29.1 Å². The van der Waals surface area contributed by atoms with Gasteiger partial charge < -0.3 is 13.9 Å². The Morgan fingerprint density at radius 2 is 1.50 bits per heavy atom. The van der Waals surface area contributed by atoms with Crippen LogP contribution in [0.5, 0.6) is 0 Å². The maximum Gasteiger partial charge on any atom is 0.341 e. The number of carbonyl (C=O) groups excluding carboxylic acids is 2. The first-order chi connectivity index (χ1) is 17.1. The zero-order valence-corrected chi connectivity index (χ0v) is 21.9. The summed E-state index contributed by atoms with van der Waals surface area (Å²) in [6, 6.07) is 7.82. The van der Waals surface area contributed by atoms with E-state index >= 15 is 0 Å². The lowest BCUT2D eigenvalue weighted by Crippen LogP contribution is -2.38. The van der Waals surface area contributed by atoms with Crippen LogP contribution in [0.2, 0.25) is 0 Å². The third-order valence-corrected chi connectivity index (χ3v) is 4.66. The van der Waals surface area contributed by atoms with Gasteiger partial charge in [0.25, 0.3) is 5.16 Å². The lowest BCUT2D eigenvalue weighted by Gasteiger charge is -2.10. The van der Waals surface area contributed by atoms with E-state index in [0.717, 1.165) is 16.9 Å². The van der Waals surface area contributed by atoms with Crippen molar-refractivity contribution in [2.45, 2.75) is 29.1 Å². The van der Waals surface area contributed by atoms with Crippen LogP contribution in [0.4, 0.5) is 16.8 Å². The number of hydrazine groups is 2. The number of hydroxylamine groups is 2. The zero-order chi connectivity index (χ0) is 26.5. The van der Waals surface area contributed by atoms with Gasteiger partial charge in [0.05, 0.1) is 0 Å². The molecule has 0 saturated heterocycles. The van der Waals surface area contributed by atoms with Gasteiger partial charge in [0, 0.05) is 40.0 Å². The molecule has 0 saturated carbocycles. The summed E-state index contributed by atoms with van der Waals surface area (Å²) in [5.74, 6) is -0.235. The minimum absolute atomic E-state index is 0.0288. The highest BCUT2D eigenvalue weighted by molar-refractivity contribution is 7.99. The van der Waals surface area contributed by atoms with Crippen molar-refractivity contribution in [1.82, 2.24) is 41.1 Å². The SMILES string of the molecule is CC(=O)NNc1nc(Sc2ccc(C)cc2)no1.CN(C)OOSc1noc(NNC(=O)N(C)C)n1. The average molecular weight is 543 g/mol. The highest BCUT2D eigenvalue weighted by atomic mass is 32.2. The van der Waals surface area contributed by atoms with Crippen molar-refractivity contribution in [3.8, 4) is 0 Å². The van der Waals surface area contributed by atoms with Crippen LogP contribution >= 0.6 is 23.8 Å². The maximum atomic E-state index is 11.2. The Balaban J connectivity index is 0.000000254. The predicted octanol–water partition coefficient (Wildman–Crippen LogP) is 2.09. The summed E-state index contributed by atoms with van der Waals surface area (Å²) in [6.45, 7) is 3.41. The molecule has 2 heterocycles. The molecule has 18 heteroatoms. The largest absolute Gasteiger partial charge is 0.341 e. The van der Waals surface area contributed by atoms with Crippen LogP contribution in [0.1, 0.15) is 12.5 Å². The second-order valence-corrected chi connectivity index (χ2v) is 8.68. The van der Waals surface area contributed by atoms with E-state index in [0.29, 0.717) is 5.16 Å². The summed E-state index contributed by atoms with van der Waals surface area (Å²) in [6.07, 6.45) is 0. The molecule has 0 aliphatic rings. The molecule has 0 bridgehead atoms. The van der Waals surface area contributed by atoms with Crippen molar-refractivity contribution in [3.63, 3.8) is 0 Å². The van der Waals surface area contributed by atoms with Crippen molar-refractivity contribution in [3.05, 3.63) is 29.8 Å². The molecule has 0 radical (unpaired) electrons. The van der Waals surface area contributed by atoms with E-state index in [2.05, 4.69) is 47.0 Å². The van der Waals surface area contributed by atoms with Gasteiger partial charge in [-0.1, -0.05) is 17.7 Å². The molecule has 4 N–H and O–H groups in total. The van der Waals surface area contributed by atoms with Gasteiger partial charge in [0.1, 0.15) is 12.0 Å². The second-order valence-electron chi connectivity index (χ2n) is 6.97. The average Bonchev–Trinajstić information content (AvgIpc) is 3.47. The zero-order valence-electron chi connectivity index (χ0n) is 20.3. The number of anilines is 2. The molecule has 1 aromatic carbocycles. The van der Waals surface area contributed by atoms with Crippen LogP contribution < -0.4 is 21.7 Å². The van der Waals surface area contributed by atoms with Gasteiger partial charge >= 0.3 is 18.1 Å². The lowest BCUT2D eigenvalue weighted by atomic mass is 10.2. The van der Waals surface area contributed by atoms with Crippen LogP contribution in [0.25, 0.3) is 0 Å². The number of aryl methyl sites for hydroxylation is 1. The first kappa shape index (κ1) is 28.7. The number of amides is 3. The van der Waals surface area contributed by atoms with Crippen molar-refractivity contribution in [2.24, 2.45) is 0 Å². The molecule has 196 valence electrons. The van der Waals surface area contributed by atoms with Crippen molar-refractivity contribution >= 4 is 47.8 Å². The Kier molecular flexibility index (Phi) is 11.7. The fourth-order valence-electron chi connectivity index (χ4n) is 1.78. The molecule has 3 aromatic rings. The highest BCUT2D eigenvalue weighted by Crippen LogP contribution is 2.25. The third kappa shape index (κ3) is 11.2. The number of benzene rings is 1. The molecular formula is C18H26N10O6S2. The quantitative estimate of drug-likeness (QED) is 0.166. The highest BCUT2D eigenvalue weighted by Gasteiger charge is 2.10. The minimum Gasteiger partial charge on any atom is -0.330 e. The van der Waals surface area contributed by atoms with Gasteiger partial charge in [-0.2, -0.15) is 15.0 Å². The third-order valence-electron chi connectivity index (χ3n) is 3.36. The van der Waals surface area contributed by atoms with Crippen molar-refractivity contribution in [2.75, 3.05) is 39.0 Å². The maximum absolute atomic E-state index is 11.2. The summed E-state index contributed by atoms with van der Waals surface area (Å²) in [4.78, 5) is 36.8. The molecule has 0 spiro atoms. The first-order valence-corrected chi connectivity index (χ1v) is 11.5. The number of urea groups is 1. The normalized spacial score (nSPS) is 10.3. The topological polar surface area (TPSA) is 185 Å². The molecule has 0 aliphatic heterocycles. The monoisotopic (exact) mass is 542 g/mol. The Morgan fingerprint density at radius 3 is 2.08 bits per heavy atom. The van der Waals surface area contributed by atoms with Crippen LogP contribution in [-0.2, 0) is 14.1 Å². The molecular weight excluding hydrogens is 516 g/mol. The molecule has 3 amide bonds. The first-order valence-electron chi connectivity index (χ1n) is 9.99. The van der Waals surface area contributed by atoms with Gasteiger partial charge in [-0.15, -0.1) is 9.32 Å². The molecule has 3 rings (SSSR count). The van der Waals surface area contributed by atoms with E-state index in [1.807, 2.05) is 31.2 Å². The number of carbonyl (C=O) groups is 2. The lowest BCUT2D eigenvalue weighted by molar-refractivity contribution is -0.340. The van der Waals surface area contributed by atoms with E-state index in [4.69, 9.17) is 13.4 Å². The standard InChI is InChI=1S/C11H12N4O2S.C7H14N6O4S/c1-7-3-5-9(6-4-7)18-11-12-10(17-15-11)14-13-8(2)16;1-12(2)7(14)10-9-5-8-6(11-15-5)18-17-16-13(3)4/h3-6H,1-2H3,(H,13,16)(H,12,14,15);1-4H3,(H,10,14)(H,8,9,11). The van der Waals surface area contributed by atoms with Crippen LogP contribution in [0.3, 0.4) is 0 Å². The van der Waals surface area contributed by atoms with Crippen LogP contribution in [0.15, 0.2) is 48.5 Å². The molecule has 0 fully saturated rings. The number of hydrogen-bond acceptors (Lipinski definition) is 15. The van der Waals surface area contributed by atoms with E-state index in [1.54, 1.807) is 28.2 Å². The van der Waals surface area contributed by atoms with E-state index in [1.165, 1.54) is 34.2 Å². The number of nitrogens with one attached hydrogen (secondary N) is 4. The Hall–Kier alpha value is -3.58. The Labute approximate surface area is 214 Å². The van der Waals surface area contributed by atoms with Crippen LogP contribution in [0, 0.1) is 6.92 Å². The van der Waals surface area contributed by atoms with Crippen LogP contribution in [-0.4, -0.2) is 70.4 Å². The molecule has 2 aromatic heterocycles. The fraction of sp³-hybridized carbons (Fsp3) is 0.333. The van der Waals surface area contributed by atoms with E-state index < -0.39 is 0 Å². The number of rotatable bonds is 10. The minimum atomic E-state index is -0.352. The number of aromatic nitrogens is 4. The van der Waals surface area contributed by atoms with Crippen molar-refractivity contribution in [1.29, 1.82) is 0 Å². The Bertz CT molecular complexity index is 1090. The summed E-state index contributed by atoms with van der Waals surface area (Å²) in [7, 11) is 6.50. The summed E-state index contributed by atoms with van der Waals surface area (Å²) < 4.78 is 14.4. The second kappa shape index (κ2) is 14.7. The fourth-order valence-corrected chi connectivity index (χ4v) is 2.86. The van der Waals surface area contributed by atoms with Gasteiger partial charge in [-0.25, -0.2) is 21.1 Å². The summed E-state index contributed by atoms with van der Waals surface area (Å²) in [5.41, 5.74) is 10.8. The van der Waals surface area contributed by atoms with Gasteiger partial charge in [-0.3, -0.25) is 10.2 Å².